The number of rotatable bonds is 6. The van der Waals surface area contributed by atoms with E-state index in [0.717, 1.165) is 0 Å². The summed E-state index contributed by atoms with van der Waals surface area (Å²) in [6.45, 7) is 2.58. The molecule has 4 rings (SSSR count). The predicted octanol–water partition coefficient (Wildman–Crippen LogP) is 2.01. The Hall–Kier alpha value is -2.85. The van der Waals surface area contributed by atoms with Crippen LogP contribution in [0.4, 0.5) is 10.8 Å². The maximum absolute atomic E-state index is 13.5. The number of anilines is 2. The minimum atomic E-state index is -1.41. The first-order chi connectivity index (χ1) is 14.0. The molecule has 2 aromatic rings. The molecule has 29 heavy (non-hydrogen) atoms. The standard InChI is InChI=1S/C19H21N5O4S/c1-3-10-23-16(26)12-6-4-5-7-13(12)24-15(25)8-9-19(23,24)17(27)20-18-22-21-14(29-18)11-28-2/h4-7H,3,8-11H2,1-2H3,(H,20,22,27)/t19-/m0/s1. The van der Waals surface area contributed by atoms with Crippen LogP contribution >= 0.6 is 11.3 Å². The van der Waals surface area contributed by atoms with E-state index in [-0.39, 0.29) is 31.3 Å². The van der Waals surface area contributed by atoms with Gasteiger partial charge in [0.25, 0.3) is 11.8 Å². The topological polar surface area (TPSA) is 105 Å². The Morgan fingerprint density at radius 3 is 2.86 bits per heavy atom. The zero-order valence-corrected chi connectivity index (χ0v) is 17.0. The molecule has 1 saturated heterocycles. The number of aromatic nitrogens is 2. The third kappa shape index (κ3) is 2.99. The Labute approximate surface area is 171 Å². The molecule has 0 saturated carbocycles. The second kappa shape index (κ2) is 7.53. The van der Waals surface area contributed by atoms with E-state index in [1.807, 2.05) is 6.92 Å². The molecule has 1 fully saturated rings. The summed E-state index contributed by atoms with van der Waals surface area (Å²) in [6, 6.07) is 6.92. The summed E-state index contributed by atoms with van der Waals surface area (Å²) >= 11 is 1.20. The van der Waals surface area contributed by atoms with Crippen LogP contribution in [0, 0.1) is 0 Å². The van der Waals surface area contributed by atoms with Crippen LogP contribution in [0.5, 0.6) is 0 Å². The van der Waals surface area contributed by atoms with Crippen LogP contribution in [-0.2, 0) is 20.9 Å². The van der Waals surface area contributed by atoms with Crippen LogP contribution in [0.1, 0.15) is 41.6 Å². The molecule has 152 valence electrons. The van der Waals surface area contributed by atoms with Gasteiger partial charge in [-0.3, -0.25) is 24.6 Å². The zero-order valence-electron chi connectivity index (χ0n) is 16.2. The number of para-hydroxylation sites is 1. The van der Waals surface area contributed by atoms with E-state index in [9.17, 15) is 14.4 Å². The van der Waals surface area contributed by atoms with Gasteiger partial charge in [0.15, 0.2) is 0 Å². The normalized spacial score (nSPS) is 20.6. The molecule has 1 N–H and O–H groups in total. The number of hydrogen-bond donors (Lipinski definition) is 1. The van der Waals surface area contributed by atoms with E-state index in [0.29, 0.717) is 34.4 Å². The maximum Gasteiger partial charge on any atom is 0.273 e. The molecule has 1 aromatic carbocycles. The van der Waals surface area contributed by atoms with Crippen molar-refractivity contribution in [3.8, 4) is 0 Å². The van der Waals surface area contributed by atoms with E-state index in [4.69, 9.17) is 4.74 Å². The number of hydrogen-bond acceptors (Lipinski definition) is 7. The Morgan fingerprint density at radius 1 is 1.31 bits per heavy atom. The summed E-state index contributed by atoms with van der Waals surface area (Å²) < 4.78 is 5.04. The van der Waals surface area contributed by atoms with E-state index < -0.39 is 11.6 Å². The number of nitrogens with one attached hydrogen (secondary N) is 1. The Morgan fingerprint density at radius 2 is 2.10 bits per heavy atom. The molecule has 3 amide bonds. The second-order valence-corrected chi connectivity index (χ2v) is 7.97. The number of benzene rings is 1. The molecular weight excluding hydrogens is 394 g/mol. The Balaban J connectivity index is 1.77. The van der Waals surface area contributed by atoms with Gasteiger partial charge in [0, 0.05) is 26.5 Å². The Kier molecular flexibility index (Phi) is 5.05. The maximum atomic E-state index is 13.5. The number of methoxy groups -OCH3 is 1. The number of carbonyl (C=O) groups is 3. The van der Waals surface area contributed by atoms with Gasteiger partial charge in [-0.2, -0.15) is 0 Å². The smallest absolute Gasteiger partial charge is 0.273 e. The van der Waals surface area contributed by atoms with Crippen molar-refractivity contribution < 1.29 is 19.1 Å². The highest BCUT2D eigenvalue weighted by atomic mass is 32.1. The van der Waals surface area contributed by atoms with Crippen LogP contribution in [0.3, 0.4) is 0 Å². The van der Waals surface area contributed by atoms with Gasteiger partial charge in [0.05, 0.1) is 11.3 Å². The third-order valence-corrected chi connectivity index (χ3v) is 5.95. The zero-order chi connectivity index (χ0) is 20.6. The first-order valence-electron chi connectivity index (χ1n) is 9.39. The SMILES string of the molecule is CCCN1C(=O)c2ccccc2N2C(=O)CC[C@]12C(=O)Nc1nnc(COC)s1. The van der Waals surface area contributed by atoms with Crippen LogP contribution in [-0.4, -0.2) is 52.1 Å². The van der Waals surface area contributed by atoms with Crippen LogP contribution in [0.2, 0.25) is 0 Å². The molecule has 1 aromatic heterocycles. The van der Waals surface area contributed by atoms with Crippen molar-refractivity contribution in [3.63, 3.8) is 0 Å². The van der Waals surface area contributed by atoms with Gasteiger partial charge in [0.2, 0.25) is 16.7 Å². The molecule has 3 heterocycles. The van der Waals surface area contributed by atoms with Gasteiger partial charge < -0.3 is 9.64 Å². The average molecular weight is 415 g/mol. The monoisotopic (exact) mass is 415 g/mol. The number of carbonyl (C=O) groups excluding carboxylic acids is 3. The number of nitrogens with zero attached hydrogens (tertiary/aromatic N) is 4. The van der Waals surface area contributed by atoms with Crippen LogP contribution in [0.25, 0.3) is 0 Å². The van der Waals surface area contributed by atoms with Gasteiger partial charge in [-0.1, -0.05) is 30.4 Å². The fourth-order valence-corrected chi connectivity index (χ4v) is 4.70. The van der Waals surface area contributed by atoms with Crippen molar-refractivity contribution in [1.29, 1.82) is 0 Å². The van der Waals surface area contributed by atoms with Gasteiger partial charge in [-0.05, 0) is 18.6 Å². The minimum absolute atomic E-state index is 0.181. The molecular formula is C19H21N5O4S. The summed E-state index contributed by atoms with van der Waals surface area (Å²) in [7, 11) is 1.55. The van der Waals surface area contributed by atoms with Crippen molar-refractivity contribution in [2.24, 2.45) is 0 Å². The van der Waals surface area contributed by atoms with E-state index in [1.165, 1.54) is 21.1 Å². The first kappa shape index (κ1) is 19.5. The lowest BCUT2D eigenvalue weighted by atomic mass is 9.95. The van der Waals surface area contributed by atoms with Crippen molar-refractivity contribution in [2.75, 3.05) is 23.9 Å². The lowest BCUT2D eigenvalue weighted by molar-refractivity contribution is -0.128. The van der Waals surface area contributed by atoms with Gasteiger partial charge in [-0.25, -0.2) is 0 Å². The molecule has 0 aliphatic carbocycles. The molecule has 1 atom stereocenters. The number of ether oxygens (including phenoxy) is 1. The summed E-state index contributed by atoms with van der Waals surface area (Å²) in [6.07, 6.45) is 1.06. The van der Waals surface area contributed by atoms with Gasteiger partial charge >= 0.3 is 0 Å². The summed E-state index contributed by atoms with van der Waals surface area (Å²) in [5.41, 5.74) is -0.510. The summed E-state index contributed by atoms with van der Waals surface area (Å²) in [5.74, 6) is -0.890. The van der Waals surface area contributed by atoms with E-state index in [2.05, 4.69) is 15.5 Å². The van der Waals surface area contributed by atoms with Crippen molar-refractivity contribution in [3.05, 3.63) is 34.8 Å². The quantitative estimate of drug-likeness (QED) is 0.774. The highest BCUT2D eigenvalue weighted by Crippen LogP contribution is 2.45. The molecule has 0 radical (unpaired) electrons. The first-order valence-corrected chi connectivity index (χ1v) is 10.2. The lowest BCUT2D eigenvalue weighted by Gasteiger charge is -2.48. The van der Waals surface area contributed by atoms with Crippen LogP contribution in [0.15, 0.2) is 24.3 Å². The number of fused-ring (bicyclic) bond motifs is 3. The predicted molar refractivity (Wildman–Crippen MR) is 106 cm³/mol. The summed E-state index contributed by atoms with van der Waals surface area (Å²) in [5, 5.41) is 11.7. The molecule has 2 aliphatic heterocycles. The average Bonchev–Trinajstić information content (AvgIpc) is 3.30. The molecule has 0 spiro atoms. The fraction of sp³-hybridized carbons (Fsp3) is 0.421. The summed E-state index contributed by atoms with van der Waals surface area (Å²) in [4.78, 5) is 42.7. The largest absolute Gasteiger partial charge is 0.377 e. The van der Waals surface area contributed by atoms with Crippen molar-refractivity contribution in [2.45, 2.75) is 38.5 Å². The number of amides is 3. The molecule has 10 heteroatoms. The van der Waals surface area contributed by atoms with Gasteiger partial charge in [0.1, 0.15) is 11.6 Å². The van der Waals surface area contributed by atoms with Crippen molar-refractivity contribution >= 4 is 39.9 Å². The van der Waals surface area contributed by atoms with Crippen molar-refractivity contribution in [1.82, 2.24) is 15.1 Å². The highest BCUT2D eigenvalue weighted by molar-refractivity contribution is 7.15. The Bertz CT molecular complexity index is 977. The molecule has 9 nitrogen and oxygen atoms in total. The fourth-order valence-electron chi connectivity index (χ4n) is 3.99. The molecule has 2 aliphatic rings. The second-order valence-electron chi connectivity index (χ2n) is 6.91. The molecule has 0 unspecified atom stereocenters. The molecule has 0 bridgehead atoms. The lowest BCUT2D eigenvalue weighted by Crippen LogP contribution is -2.69. The van der Waals surface area contributed by atoms with E-state index in [1.54, 1.807) is 31.4 Å². The third-order valence-electron chi connectivity index (χ3n) is 5.14. The van der Waals surface area contributed by atoms with Crippen LogP contribution < -0.4 is 10.2 Å². The van der Waals surface area contributed by atoms with Gasteiger partial charge in [-0.15, -0.1) is 10.2 Å². The minimum Gasteiger partial charge on any atom is -0.377 e. The van der Waals surface area contributed by atoms with E-state index >= 15 is 0 Å². The highest BCUT2D eigenvalue weighted by Gasteiger charge is 2.60.